The minimum absolute atomic E-state index is 0.133. The summed E-state index contributed by atoms with van der Waals surface area (Å²) in [7, 11) is 2.98. The average molecular weight is 313 g/mol. The summed E-state index contributed by atoms with van der Waals surface area (Å²) in [5, 5.41) is 4.84. The van der Waals surface area contributed by atoms with Crippen LogP contribution < -0.4 is 4.74 Å². The van der Waals surface area contributed by atoms with E-state index >= 15 is 0 Å². The van der Waals surface area contributed by atoms with Crippen molar-refractivity contribution in [3.8, 4) is 5.75 Å². The minimum atomic E-state index is -0.818. The molecular weight excluding hydrogens is 300 g/mol. The van der Waals surface area contributed by atoms with Crippen molar-refractivity contribution in [1.29, 1.82) is 0 Å². The van der Waals surface area contributed by atoms with Crippen molar-refractivity contribution in [2.75, 3.05) is 7.11 Å². The number of ether oxygens (including phenoxy) is 2. The van der Waals surface area contributed by atoms with E-state index in [1.807, 2.05) is 30.3 Å². The van der Waals surface area contributed by atoms with Gasteiger partial charge in [-0.05, 0) is 5.56 Å². The Bertz CT molecular complexity index is 601. The number of nitrogens with zero attached hydrogens (tertiary/aromatic N) is 2. The molecule has 0 aliphatic rings. The van der Waals surface area contributed by atoms with Gasteiger partial charge < -0.3 is 9.47 Å². The number of rotatable bonds is 4. The van der Waals surface area contributed by atoms with Crippen LogP contribution in [0.5, 0.6) is 5.75 Å². The highest BCUT2D eigenvalue weighted by molar-refractivity contribution is 7.98. The lowest BCUT2D eigenvalue weighted by molar-refractivity contribution is 0.120. The molecule has 2 rings (SSSR count). The number of thioether (sulfide) groups is 1. The van der Waals surface area contributed by atoms with Crippen molar-refractivity contribution < 1.29 is 14.3 Å². The molecular formula is C13H13ClN2O3S. The summed E-state index contributed by atoms with van der Waals surface area (Å²) in [6.07, 6.45) is -0.818. The van der Waals surface area contributed by atoms with E-state index < -0.39 is 6.16 Å². The number of aromatic nitrogens is 2. The van der Waals surface area contributed by atoms with Gasteiger partial charge in [-0.3, -0.25) is 4.68 Å². The van der Waals surface area contributed by atoms with E-state index in [1.165, 1.54) is 18.9 Å². The summed E-state index contributed by atoms with van der Waals surface area (Å²) in [4.78, 5) is 11.2. The Hall–Kier alpha value is -1.66. The van der Waals surface area contributed by atoms with Crippen molar-refractivity contribution in [3.63, 3.8) is 0 Å². The van der Waals surface area contributed by atoms with Crippen LogP contribution in [-0.2, 0) is 17.5 Å². The van der Waals surface area contributed by atoms with Gasteiger partial charge >= 0.3 is 6.16 Å². The lowest BCUT2D eigenvalue weighted by atomic mass is 10.2. The Kier molecular flexibility index (Phi) is 4.92. The zero-order valence-electron chi connectivity index (χ0n) is 11.0. The predicted molar refractivity (Wildman–Crippen MR) is 77.3 cm³/mol. The lowest BCUT2D eigenvalue weighted by Gasteiger charge is -2.06. The van der Waals surface area contributed by atoms with Crippen LogP contribution in [0.4, 0.5) is 4.79 Å². The predicted octanol–water partition coefficient (Wildman–Crippen LogP) is 3.51. The molecule has 0 aliphatic heterocycles. The first-order chi connectivity index (χ1) is 9.61. The van der Waals surface area contributed by atoms with Crippen LogP contribution in [0.1, 0.15) is 5.56 Å². The van der Waals surface area contributed by atoms with Gasteiger partial charge in [0, 0.05) is 12.8 Å². The number of halogens is 1. The van der Waals surface area contributed by atoms with Crippen molar-refractivity contribution in [2.24, 2.45) is 7.05 Å². The number of carbonyl (C=O) groups excluding carboxylic acids is 1. The molecule has 0 spiro atoms. The molecule has 1 heterocycles. The largest absolute Gasteiger partial charge is 0.513 e. The normalized spacial score (nSPS) is 10.3. The molecule has 0 atom stereocenters. The second-order valence-electron chi connectivity index (χ2n) is 3.88. The molecule has 1 aromatic heterocycles. The number of carbonyl (C=O) groups is 1. The molecule has 106 valence electrons. The van der Waals surface area contributed by atoms with Crippen LogP contribution in [0.3, 0.4) is 0 Å². The molecule has 0 amide bonds. The molecule has 0 saturated heterocycles. The molecule has 20 heavy (non-hydrogen) atoms. The Morgan fingerprint density at radius 2 is 2.10 bits per heavy atom. The Morgan fingerprint density at radius 1 is 1.40 bits per heavy atom. The van der Waals surface area contributed by atoms with Gasteiger partial charge in [-0.25, -0.2) is 4.79 Å². The molecule has 2 aromatic rings. The summed E-state index contributed by atoms with van der Waals surface area (Å²) in [5.41, 5.74) is 1.15. The number of aryl methyl sites for hydroxylation is 1. The maximum Gasteiger partial charge on any atom is 0.513 e. The first kappa shape index (κ1) is 14.7. The smallest absolute Gasteiger partial charge is 0.437 e. The number of benzene rings is 1. The van der Waals surface area contributed by atoms with Gasteiger partial charge in [-0.15, -0.1) is 0 Å². The topological polar surface area (TPSA) is 53.4 Å². The highest BCUT2D eigenvalue weighted by Crippen LogP contribution is 2.36. The van der Waals surface area contributed by atoms with Crippen LogP contribution in [0.15, 0.2) is 35.4 Å². The van der Waals surface area contributed by atoms with Gasteiger partial charge in [0.05, 0.1) is 7.11 Å². The van der Waals surface area contributed by atoms with Gasteiger partial charge in [0.25, 0.3) is 0 Å². The maximum atomic E-state index is 11.2. The second kappa shape index (κ2) is 6.67. The number of hydrogen-bond donors (Lipinski definition) is 0. The van der Waals surface area contributed by atoms with E-state index in [9.17, 15) is 4.79 Å². The van der Waals surface area contributed by atoms with Crippen LogP contribution in [0, 0.1) is 0 Å². The Balaban J connectivity index is 2.16. The van der Waals surface area contributed by atoms with Gasteiger partial charge in [-0.2, -0.15) is 5.10 Å². The van der Waals surface area contributed by atoms with E-state index in [1.54, 1.807) is 11.7 Å². The second-order valence-corrected chi connectivity index (χ2v) is 5.20. The quantitative estimate of drug-likeness (QED) is 0.638. The first-order valence-electron chi connectivity index (χ1n) is 5.77. The molecule has 7 heteroatoms. The minimum Gasteiger partial charge on any atom is -0.437 e. The van der Waals surface area contributed by atoms with Gasteiger partial charge in [-0.1, -0.05) is 53.7 Å². The van der Waals surface area contributed by atoms with E-state index in [2.05, 4.69) is 9.84 Å². The summed E-state index contributed by atoms with van der Waals surface area (Å²) in [6, 6.07) is 9.94. The molecule has 1 aromatic carbocycles. The molecule has 5 nitrogen and oxygen atoms in total. The molecule has 0 bridgehead atoms. The lowest BCUT2D eigenvalue weighted by Crippen LogP contribution is -2.08. The van der Waals surface area contributed by atoms with Crippen molar-refractivity contribution in [1.82, 2.24) is 9.78 Å². The van der Waals surface area contributed by atoms with E-state index in [-0.39, 0.29) is 10.9 Å². The molecule has 0 aliphatic carbocycles. The first-order valence-corrected chi connectivity index (χ1v) is 7.13. The fraction of sp³-hybridized carbons (Fsp3) is 0.231. The van der Waals surface area contributed by atoms with Crippen molar-refractivity contribution >= 4 is 29.5 Å². The molecule has 0 fully saturated rings. The van der Waals surface area contributed by atoms with Crippen molar-refractivity contribution in [2.45, 2.75) is 10.8 Å². The summed E-state index contributed by atoms with van der Waals surface area (Å²) in [5.74, 6) is 0.941. The third-order valence-corrected chi connectivity index (χ3v) is 3.93. The summed E-state index contributed by atoms with van der Waals surface area (Å²) < 4.78 is 11.1. The van der Waals surface area contributed by atoms with Gasteiger partial charge in [0.1, 0.15) is 5.03 Å². The molecule has 0 radical (unpaired) electrons. The van der Waals surface area contributed by atoms with Crippen LogP contribution >= 0.6 is 23.4 Å². The summed E-state index contributed by atoms with van der Waals surface area (Å²) in [6.45, 7) is 0. The van der Waals surface area contributed by atoms with Gasteiger partial charge in [0.2, 0.25) is 5.75 Å². The van der Waals surface area contributed by atoms with Crippen LogP contribution in [0.25, 0.3) is 0 Å². The SMILES string of the molecule is COC(=O)Oc1c(Cl)nn(C)c1SCc1ccccc1. The van der Waals surface area contributed by atoms with E-state index in [4.69, 9.17) is 16.3 Å². The highest BCUT2D eigenvalue weighted by atomic mass is 35.5. The average Bonchev–Trinajstić information content (AvgIpc) is 2.72. The molecule has 0 unspecified atom stereocenters. The van der Waals surface area contributed by atoms with Crippen LogP contribution in [0.2, 0.25) is 5.15 Å². The molecule has 0 saturated carbocycles. The Labute approximate surface area is 125 Å². The fourth-order valence-corrected chi connectivity index (χ4v) is 2.84. The third kappa shape index (κ3) is 3.46. The Morgan fingerprint density at radius 3 is 2.75 bits per heavy atom. The van der Waals surface area contributed by atoms with Crippen molar-refractivity contribution in [3.05, 3.63) is 41.0 Å². The van der Waals surface area contributed by atoms with Gasteiger partial charge in [0.15, 0.2) is 5.15 Å². The standard InChI is InChI=1S/C13H13ClN2O3S/c1-16-12(20-8-9-6-4-3-5-7-9)10(11(14)15-16)19-13(17)18-2/h3-7H,8H2,1-2H3. The van der Waals surface area contributed by atoms with E-state index in [0.29, 0.717) is 10.8 Å². The zero-order chi connectivity index (χ0) is 14.5. The maximum absolute atomic E-state index is 11.2. The van der Waals surface area contributed by atoms with Crippen LogP contribution in [-0.4, -0.2) is 23.0 Å². The number of methoxy groups -OCH3 is 1. The summed E-state index contributed by atoms with van der Waals surface area (Å²) >= 11 is 7.44. The highest BCUT2D eigenvalue weighted by Gasteiger charge is 2.20. The molecule has 0 N–H and O–H groups in total. The third-order valence-electron chi connectivity index (χ3n) is 2.48. The zero-order valence-corrected chi connectivity index (χ0v) is 12.6. The fourth-order valence-electron chi connectivity index (χ4n) is 1.55. The van der Waals surface area contributed by atoms with E-state index in [0.717, 1.165) is 5.56 Å². The number of hydrogen-bond acceptors (Lipinski definition) is 5. The monoisotopic (exact) mass is 312 g/mol.